The van der Waals surface area contributed by atoms with Gasteiger partial charge in [0.25, 0.3) is 0 Å². The van der Waals surface area contributed by atoms with Gasteiger partial charge in [-0.1, -0.05) is 23.5 Å². The number of thiazole rings is 1. The predicted molar refractivity (Wildman–Crippen MR) is 85.8 cm³/mol. The molecule has 4 rings (SSSR count). The zero-order chi connectivity index (χ0) is 14.9. The number of aromatic nitrogens is 2. The van der Waals surface area contributed by atoms with E-state index in [0.717, 1.165) is 29.1 Å². The third kappa shape index (κ3) is 2.13. The third-order valence-electron chi connectivity index (χ3n) is 3.63. The molecule has 22 heavy (non-hydrogen) atoms. The molecule has 6 nitrogen and oxygen atoms in total. The first-order valence-electron chi connectivity index (χ1n) is 7.03. The topological polar surface area (TPSA) is 65.9 Å². The molecule has 1 aromatic carbocycles. The maximum absolute atomic E-state index is 9.36. The van der Waals surface area contributed by atoms with Gasteiger partial charge in [0.15, 0.2) is 15.7 Å². The molecule has 1 fully saturated rings. The van der Waals surface area contributed by atoms with Crippen molar-refractivity contribution in [1.29, 1.82) is 5.26 Å². The van der Waals surface area contributed by atoms with Crippen LogP contribution in [0.5, 0.6) is 0 Å². The van der Waals surface area contributed by atoms with Crippen LogP contribution in [-0.4, -0.2) is 46.9 Å². The minimum absolute atomic E-state index is 0.581. The Morgan fingerprint density at radius 2 is 2.14 bits per heavy atom. The Bertz CT molecular complexity index is 898. The first-order chi connectivity index (χ1) is 10.9. The van der Waals surface area contributed by atoms with Crippen LogP contribution in [0.3, 0.4) is 0 Å². The average Bonchev–Trinajstić information content (AvgIpc) is 3.09. The standard InChI is InChI=1S/C15H13N5OS/c16-9-13-14(17-10-19-5-7-21-8-6-19)20-12-4-2-1-3-11(12)18-15(20)22-13/h1-4,10H,5-8H2/b17-10+. The number of nitriles is 1. The van der Waals surface area contributed by atoms with Crippen LogP contribution in [0.4, 0.5) is 5.82 Å². The van der Waals surface area contributed by atoms with Crippen molar-refractivity contribution >= 4 is 39.5 Å². The van der Waals surface area contributed by atoms with Gasteiger partial charge in [-0.25, -0.2) is 9.98 Å². The molecule has 0 radical (unpaired) electrons. The molecule has 0 atom stereocenters. The molecular weight excluding hydrogens is 298 g/mol. The highest BCUT2D eigenvalue weighted by Gasteiger charge is 2.16. The summed E-state index contributed by atoms with van der Waals surface area (Å²) in [6.07, 6.45) is 1.81. The van der Waals surface area contributed by atoms with E-state index in [9.17, 15) is 5.26 Å². The molecule has 3 heterocycles. The summed E-state index contributed by atoms with van der Waals surface area (Å²) in [5.74, 6) is 0.655. The molecule has 0 N–H and O–H groups in total. The van der Waals surface area contributed by atoms with E-state index in [1.165, 1.54) is 11.3 Å². The van der Waals surface area contributed by atoms with Crippen molar-refractivity contribution in [3.05, 3.63) is 29.1 Å². The lowest BCUT2D eigenvalue weighted by Gasteiger charge is -2.24. The zero-order valence-corrected chi connectivity index (χ0v) is 12.6. The fourth-order valence-electron chi connectivity index (χ4n) is 2.53. The maximum atomic E-state index is 9.36. The monoisotopic (exact) mass is 311 g/mol. The molecule has 0 saturated carbocycles. The second-order valence-corrected chi connectivity index (χ2v) is 5.96. The molecule has 110 valence electrons. The molecule has 0 aliphatic carbocycles. The van der Waals surface area contributed by atoms with Crippen molar-refractivity contribution in [3.8, 4) is 6.07 Å². The molecule has 3 aromatic rings. The van der Waals surface area contributed by atoms with Gasteiger partial charge in [0.2, 0.25) is 0 Å². The SMILES string of the molecule is N#Cc1sc2nc3ccccc3n2c1/N=C/N1CCOCC1. The predicted octanol–water partition coefficient (Wildman–Crippen LogP) is 2.41. The molecule has 1 aliphatic rings. The average molecular weight is 311 g/mol. The highest BCUT2D eigenvalue weighted by molar-refractivity contribution is 7.18. The van der Waals surface area contributed by atoms with Crippen LogP contribution in [0.15, 0.2) is 29.3 Å². The van der Waals surface area contributed by atoms with E-state index < -0.39 is 0 Å². The van der Waals surface area contributed by atoms with Gasteiger partial charge in [-0.05, 0) is 12.1 Å². The van der Waals surface area contributed by atoms with Crippen LogP contribution in [0.25, 0.3) is 16.0 Å². The number of nitrogens with zero attached hydrogens (tertiary/aromatic N) is 5. The molecule has 0 unspecified atom stereocenters. The Kier molecular flexibility index (Phi) is 3.25. The number of hydrogen-bond acceptors (Lipinski definition) is 5. The summed E-state index contributed by atoms with van der Waals surface area (Å²) in [5.41, 5.74) is 1.89. The van der Waals surface area contributed by atoms with E-state index in [2.05, 4.69) is 20.9 Å². The van der Waals surface area contributed by atoms with Gasteiger partial charge in [0, 0.05) is 13.1 Å². The van der Waals surface area contributed by atoms with Gasteiger partial charge in [-0.15, -0.1) is 0 Å². The molecule has 1 aliphatic heterocycles. The van der Waals surface area contributed by atoms with Crippen molar-refractivity contribution in [2.24, 2.45) is 4.99 Å². The number of fused-ring (bicyclic) bond motifs is 3. The highest BCUT2D eigenvalue weighted by atomic mass is 32.1. The van der Waals surface area contributed by atoms with Gasteiger partial charge in [-0.2, -0.15) is 5.26 Å². The number of hydrogen-bond donors (Lipinski definition) is 0. The minimum Gasteiger partial charge on any atom is -0.378 e. The number of rotatable bonds is 2. The smallest absolute Gasteiger partial charge is 0.197 e. The van der Waals surface area contributed by atoms with Crippen LogP contribution in [0, 0.1) is 11.3 Å². The molecule has 0 spiro atoms. The molecule has 0 bridgehead atoms. The maximum Gasteiger partial charge on any atom is 0.197 e. The Hall–Kier alpha value is -2.43. The summed E-state index contributed by atoms with van der Waals surface area (Å²) < 4.78 is 7.28. The molecule has 1 saturated heterocycles. The van der Waals surface area contributed by atoms with Crippen molar-refractivity contribution < 1.29 is 4.74 Å². The Balaban J connectivity index is 1.83. The van der Waals surface area contributed by atoms with Gasteiger partial charge >= 0.3 is 0 Å². The fraction of sp³-hybridized carbons (Fsp3) is 0.267. The quantitative estimate of drug-likeness (QED) is 0.538. The zero-order valence-electron chi connectivity index (χ0n) is 11.8. The number of morpholine rings is 1. The van der Waals surface area contributed by atoms with Crippen LogP contribution in [-0.2, 0) is 4.74 Å². The Morgan fingerprint density at radius 3 is 2.95 bits per heavy atom. The van der Waals surface area contributed by atoms with Gasteiger partial charge < -0.3 is 9.64 Å². The molecule has 0 amide bonds. The summed E-state index contributed by atoms with van der Waals surface area (Å²) in [4.78, 5) is 12.6. The summed E-state index contributed by atoms with van der Waals surface area (Å²) >= 11 is 1.37. The third-order valence-corrected chi connectivity index (χ3v) is 4.56. The number of para-hydroxylation sites is 2. The van der Waals surface area contributed by atoms with Gasteiger partial charge in [0.05, 0.1) is 30.6 Å². The van der Waals surface area contributed by atoms with Gasteiger partial charge in [-0.3, -0.25) is 4.40 Å². The molecule has 7 heteroatoms. The largest absolute Gasteiger partial charge is 0.378 e. The fourth-order valence-corrected chi connectivity index (χ4v) is 3.42. The van der Waals surface area contributed by atoms with Crippen molar-refractivity contribution in [3.63, 3.8) is 0 Å². The first-order valence-corrected chi connectivity index (χ1v) is 7.84. The minimum atomic E-state index is 0.581. The van der Waals surface area contributed by atoms with Crippen molar-refractivity contribution in [1.82, 2.24) is 14.3 Å². The van der Waals surface area contributed by atoms with E-state index >= 15 is 0 Å². The van der Waals surface area contributed by atoms with E-state index in [0.29, 0.717) is 23.9 Å². The summed E-state index contributed by atoms with van der Waals surface area (Å²) in [6.45, 7) is 3.07. The van der Waals surface area contributed by atoms with Crippen molar-refractivity contribution in [2.75, 3.05) is 26.3 Å². The van der Waals surface area contributed by atoms with E-state index in [1.807, 2.05) is 28.7 Å². The Labute approximate surface area is 130 Å². The summed E-state index contributed by atoms with van der Waals surface area (Å²) in [7, 11) is 0. The number of aliphatic imine (C=N–C) groups is 1. The lowest BCUT2D eigenvalue weighted by molar-refractivity contribution is 0.0701. The Morgan fingerprint density at radius 1 is 1.32 bits per heavy atom. The first kappa shape index (κ1) is 13.2. The molecule has 2 aromatic heterocycles. The van der Waals surface area contributed by atoms with Crippen LogP contribution in [0.1, 0.15) is 4.88 Å². The van der Waals surface area contributed by atoms with E-state index in [-0.39, 0.29) is 0 Å². The van der Waals surface area contributed by atoms with Crippen LogP contribution >= 0.6 is 11.3 Å². The highest BCUT2D eigenvalue weighted by Crippen LogP contribution is 2.32. The lowest BCUT2D eigenvalue weighted by atomic mass is 10.3. The normalized spacial score (nSPS) is 15.9. The molecular formula is C15H13N5OS. The second kappa shape index (κ2) is 5.40. The number of benzene rings is 1. The number of imidazole rings is 1. The lowest BCUT2D eigenvalue weighted by Crippen LogP contribution is -2.35. The van der Waals surface area contributed by atoms with Crippen molar-refractivity contribution in [2.45, 2.75) is 0 Å². The van der Waals surface area contributed by atoms with Crippen LogP contribution < -0.4 is 0 Å². The summed E-state index contributed by atoms with van der Waals surface area (Å²) in [6, 6.07) is 10.1. The van der Waals surface area contributed by atoms with Crippen LogP contribution in [0.2, 0.25) is 0 Å². The second-order valence-electron chi connectivity index (χ2n) is 4.98. The van der Waals surface area contributed by atoms with Gasteiger partial charge in [0.1, 0.15) is 6.07 Å². The van der Waals surface area contributed by atoms with E-state index in [4.69, 9.17) is 4.74 Å². The number of ether oxygens (including phenoxy) is 1. The van der Waals surface area contributed by atoms with E-state index in [1.54, 1.807) is 6.34 Å². The summed E-state index contributed by atoms with van der Waals surface area (Å²) in [5, 5.41) is 9.36.